The number of nitrogens with zero attached hydrogens (tertiary/aromatic N) is 2. The lowest BCUT2D eigenvalue weighted by Gasteiger charge is -2.17. The van der Waals surface area contributed by atoms with Gasteiger partial charge in [0.15, 0.2) is 0 Å². The van der Waals surface area contributed by atoms with Gasteiger partial charge in [-0.15, -0.1) is 0 Å². The van der Waals surface area contributed by atoms with Crippen LogP contribution in [0.15, 0.2) is 24.3 Å². The van der Waals surface area contributed by atoms with Gasteiger partial charge in [0.25, 0.3) is 0 Å². The average Bonchev–Trinajstić information content (AvgIpc) is 2.21. The largest absolute Gasteiger partial charge is 0.494 e. The van der Waals surface area contributed by atoms with E-state index in [0.717, 1.165) is 11.3 Å². The van der Waals surface area contributed by atoms with Crippen molar-refractivity contribution in [2.75, 3.05) is 20.7 Å². The third kappa shape index (κ3) is 2.97. The van der Waals surface area contributed by atoms with Crippen LogP contribution >= 0.6 is 0 Å². The molecule has 1 aromatic rings. The average molecular weight is 204 g/mol. The van der Waals surface area contributed by atoms with Crippen LogP contribution in [-0.2, 0) is 0 Å². The summed E-state index contributed by atoms with van der Waals surface area (Å²) in [6.07, 6.45) is 0. The minimum absolute atomic E-state index is 0.194. The maximum absolute atomic E-state index is 9.00. The lowest BCUT2D eigenvalue weighted by Crippen LogP contribution is -2.18. The van der Waals surface area contributed by atoms with E-state index in [9.17, 15) is 0 Å². The van der Waals surface area contributed by atoms with Crippen molar-refractivity contribution < 1.29 is 4.74 Å². The van der Waals surface area contributed by atoms with E-state index in [0.29, 0.717) is 6.61 Å². The summed E-state index contributed by atoms with van der Waals surface area (Å²) < 4.78 is 5.34. The first-order chi connectivity index (χ1) is 7.19. The number of hydrogen-bond acceptors (Lipinski definition) is 3. The highest BCUT2D eigenvalue weighted by Crippen LogP contribution is 2.20. The summed E-state index contributed by atoms with van der Waals surface area (Å²) in [5.74, 6) is 0.844. The summed E-state index contributed by atoms with van der Waals surface area (Å²) >= 11 is 0. The molecule has 0 aliphatic heterocycles. The Balaban J connectivity index is 2.83. The van der Waals surface area contributed by atoms with Crippen molar-refractivity contribution in [2.24, 2.45) is 0 Å². The first-order valence-corrected chi connectivity index (χ1v) is 4.97. The lowest BCUT2D eigenvalue weighted by molar-refractivity contribution is 0.338. The molecule has 0 N–H and O–H groups in total. The molecule has 0 radical (unpaired) electrons. The summed E-state index contributed by atoms with van der Waals surface area (Å²) in [6.45, 7) is 2.61. The van der Waals surface area contributed by atoms with Gasteiger partial charge in [-0.3, -0.25) is 4.90 Å². The molecule has 0 bridgehead atoms. The molecule has 0 saturated heterocycles. The molecule has 3 nitrogen and oxygen atoms in total. The van der Waals surface area contributed by atoms with Gasteiger partial charge >= 0.3 is 0 Å². The van der Waals surface area contributed by atoms with Gasteiger partial charge in [0, 0.05) is 0 Å². The summed E-state index contributed by atoms with van der Waals surface area (Å²) in [5, 5.41) is 9.00. The van der Waals surface area contributed by atoms with Gasteiger partial charge in [-0.1, -0.05) is 12.1 Å². The Hall–Kier alpha value is -1.53. The molecule has 0 amide bonds. The maximum Gasteiger partial charge on any atom is 0.123 e. The summed E-state index contributed by atoms with van der Waals surface area (Å²) in [7, 11) is 3.79. The Morgan fingerprint density at radius 3 is 2.33 bits per heavy atom. The maximum atomic E-state index is 9.00. The van der Waals surface area contributed by atoms with Crippen LogP contribution in [-0.4, -0.2) is 25.6 Å². The summed E-state index contributed by atoms with van der Waals surface area (Å²) in [4.78, 5) is 1.88. The molecule has 0 aliphatic rings. The predicted molar refractivity (Wildman–Crippen MR) is 59.7 cm³/mol. The zero-order chi connectivity index (χ0) is 11.3. The van der Waals surface area contributed by atoms with Crippen molar-refractivity contribution in [2.45, 2.75) is 13.0 Å². The molecular formula is C12H16N2O. The molecule has 0 saturated carbocycles. The molecule has 0 fully saturated rings. The molecule has 80 valence electrons. The number of rotatable bonds is 4. The van der Waals surface area contributed by atoms with Crippen molar-refractivity contribution in [1.82, 2.24) is 4.90 Å². The second kappa shape index (κ2) is 5.38. The number of nitriles is 1. The Kier molecular flexibility index (Phi) is 4.14. The zero-order valence-corrected chi connectivity index (χ0v) is 9.40. The Labute approximate surface area is 90.9 Å². The summed E-state index contributed by atoms with van der Waals surface area (Å²) in [5.41, 5.74) is 0.992. The van der Waals surface area contributed by atoms with E-state index < -0.39 is 0 Å². The van der Waals surface area contributed by atoms with Crippen LogP contribution in [0, 0.1) is 11.3 Å². The number of ether oxygens (including phenoxy) is 1. The molecule has 0 aliphatic carbocycles. The van der Waals surface area contributed by atoms with Gasteiger partial charge in [-0.25, -0.2) is 0 Å². The summed E-state index contributed by atoms with van der Waals surface area (Å²) in [6, 6.07) is 9.71. The predicted octanol–water partition coefficient (Wildman–Crippen LogP) is 2.21. The van der Waals surface area contributed by atoms with Crippen LogP contribution in [0.3, 0.4) is 0 Å². The van der Waals surface area contributed by atoms with Crippen LogP contribution in [0.25, 0.3) is 0 Å². The van der Waals surface area contributed by atoms with E-state index in [1.54, 1.807) is 0 Å². The molecule has 0 aromatic heterocycles. The molecule has 1 aromatic carbocycles. The highest BCUT2D eigenvalue weighted by Gasteiger charge is 2.12. The monoisotopic (exact) mass is 204 g/mol. The molecule has 3 heteroatoms. The molecule has 15 heavy (non-hydrogen) atoms. The first-order valence-electron chi connectivity index (χ1n) is 4.97. The van der Waals surface area contributed by atoms with Crippen molar-refractivity contribution in [3.8, 4) is 11.8 Å². The van der Waals surface area contributed by atoms with E-state index in [4.69, 9.17) is 10.00 Å². The third-order valence-corrected chi connectivity index (χ3v) is 2.15. The van der Waals surface area contributed by atoms with E-state index in [1.165, 1.54) is 0 Å². The number of benzene rings is 1. The van der Waals surface area contributed by atoms with Crippen molar-refractivity contribution in [1.29, 1.82) is 5.26 Å². The van der Waals surface area contributed by atoms with Crippen LogP contribution in [0.4, 0.5) is 0 Å². The first kappa shape index (κ1) is 11.5. The molecule has 1 atom stereocenters. The smallest absolute Gasteiger partial charge is 0.123 e. The van der Waals surface area contributed by atoms with E-state index in [1.807, 2.05) is 50.2 Å². The van der Waals surface area contributed by atoms with Gasteiger partial charge in [0.05, 0.1) is 12.7 Å². The topological polar surface area (TPSA) is 36.3 Å². The second-order valence-electron chi connectivity index (χ2n) is 3.50. The molecule has 0 heterocycles. The van der Waals surface area contributed by atoms with Gasteiger partial charge in [0.1, 0.15) is 11.8 Å². The quantitative estimate of drug-likeness (QED) is 0.754. The highest BCUT2D eigenvalue weighted by molar-refractivity contribution is 5.31. The third-order valence-electron chi connectivity index (χ3n) is 2.15. The fourth-order valence-corrected chi connectivity index (χ4v) is 1.40. The SMILES string of the molecule is CCOc1ccc(C(C#N)N(C)C)cc1. The van der Waals surface area contributed by atoms with E-state index >= 15 is 0 Å². The molecule has 1 rings (SSSR count). The fraction of sp³-hybridized carbons (Fsp3) is 0.417. The second-order valence-corrected chi connectivity index (χ2v) is 3.50. The standard InChI is InChI=1S/C12H16N2O/c1-4-15-11-7-5-10(6-8-11)12(9-13)14(2)3/h5-8,12H,4H2,1-3H3. The number of hydrogen-bond donors (Lipinski definition) is 0. The van der Waals surface area contributed by atoms with Crippen LogP contribution in [0.1, 0.15) is 18.5 Å². The van der Waals surface area contributed by atoms with Crippen LogP contribution in [0.5, 0.6) is 5.75 Å². The van der Waals surface area contributed by atoms with Crippen LogP contribution < -0.4 is 4.74 Å². The zero-order valence-electron chi connectivity index (χ0n) is 9.40. The van der Waals surface area contributed by atoms with Gasteiger partial charge in [-0.2, -0.15) is 5.26 Å². The van der Waals surface area contributed by atoms with Crippen molar-refractivity contribution in [3.05, 3.63) is 29.8 Å². The van der Waals surface area contributed by atoms with E-state index in [-0.39, 0.29) is 6.04 Å². The Morgan fingerprint density at radius 1 is 1.33 bits per heavy atom. The van der Waals surface area contributed by atoms with Crippen LogP contribution in [0.2, 0.25) is 0 Å². The van der Waals surface area contributed by atoms with Gasteiger partial charge in [-0.05, 0) is 38.7 Å². The minimum atomic E-state index is -0.194. The molecule has 1 unspecified atom stereocenters. The lowest BCUT2D eigenvalue weighted by atomic mass is 10.1. The van der Waals surface area contributed by atoms with Gasteiger partial charge in [0.2, 0.25) is 0 Å². The van der Waals surface area contributed by atoms with Crippen molar-refractivity contribution >= 4 is 0 Å². The fourth-order valence-electron chi connectivity index (χ4n) is 1.40. The Morgan fingerprint density at radius 2 is 1.93 bits per heavy atom. The molecule has 0 spiro atoms. The normalized spacial score (nSPS) is 12.2. The Bertz CT molecular complexity index is 338. The van der Waals surface area contributed by atoms with Crippen molar-refractivity contribution in [3.63, 3.8) is 0 Å². The highest BCUT2D eigenvalue weighted by atomic mass is 16.5. The van der Waals surface area contributed by atoms with Gasteiger partial charge < -0.3 is 4.74 Å². The van der Waals surface area contributed by atoms with E-state index in [2.05, 4.69) is 6.07 Å². The molecular weight excluding hydrogens is 188 g/mol. The minimum Gasteiger partial charge on any atom is -0.494 e.